The first-order valence-electron chi connectivity index (χ1n) is 13.3. The van der Waals surface area contributed by atoms with Gasteiger partial charge in [-0.1, -0.05) is 0 Å². The zero-order valence-corrected chi connectivity index (χ0v) is 22.0. The number of fused-ring (bicyclic) bond motifs is 1. The van der Waals surface area contributed by atoms with Crippen molar-refractivity contribution in [2.75, 3.05) is 13.2 Å². The first-order chi connectivity index (χ1) is 18.2. The van der Waals surface area contributed by atoms with E-state index in [1.54, 1.807) is 27.1 Å². The van der Waals surface area contributed by atoms with Crippen molar-refractivity contribution in [1.82, 2.24) is 24.9 Å². The maximum Gasteiger partial charge on any atom is 0.345 e. The summed E-state index contributed by atoms with van der Waals surface area (Å²) in [5.41, 5.74) is 1.46. The predicted molar refractivity (Wildman–Crippen MR) is 138 cm³/mol. The van der Waals surface area contributed by atoms with E-state index in [1.165, 1.54) is 6.20 Å². The number of H-pyrrole nitrogens is 1. The molecule has 2 aliphatic carbocycles. The van der Waals surface area contributed by atoms with E-state index in [9.17, 15) is 14.7 Å². The van der Waals surface area contributed by atoms with Crippen molar-refractivity contribution in [1.29, 1.82) is 0 Å². The SMILES string of the molecule is CCOC(=O)c1cn[nH]c1OC1CCC(NC(=O)c2ncn3c(C4CC4)c(OCC(C)(C)O)ccc23)CC1. The normalized spacial score (nSPS) is 19.8. The van der Waals surface area contributed by atoms with Gasteiger partial charge in [0.2, 0.25) is 5.88 Å². The van der Waals surface area contributed by atoms with Crippen LogP contribution in [0.5, 0.6) is 11.6 Å². The molecule has 204 valence electrons. The van der Waals surface area contributed by atoms with E-state index in [0.717, 1.165) is 49.7 Å². The molecule has 0 radical (unpaired) electrons. The van der Waals surface area contributed by atoms with Crippen LogP contribution < -0.4 is 14.8 Å². The Morgan fingerprint density at radius 1 is 1.18 bits per heavy atom. The number of imidazole rings is 1. The second kappa shape index (κ2) is 10.6. The minimum absolute atomic E-state index is 0.00249. The summed E-state index contributed by atoms with van der Waals surface area (Å²) in [4.78, 5) is 29.7. The number of rotatable bonds is 10. The second-order valence-corrected chi connectivity index (χ2v) is 10.7. The van der Waals surface area contributed by atoms with Gasteiger partial charge < -0.3 is 24.6 Å². The largest absolute Gasteiger partial charge is 0.489 e. The number of ether oxygens (including phenoxy) is 3. The third-order valence-corrected chi connectivity index (χ3v) is 6.86. The molecule has 2 aliphatic rings. The number of hydrogen-bond acceptors (Lipinski definition) is 8. The highest BCUT2D eigenvalue weighted by Crippen LogP contribution is 2.45. The quantitative estimate of drug-likeness (QED) is 0.342. The number of aromatic nitrogens is 4. The number of hydrogen-bond donors (Lipinski definition) is 3. The first-order valence-corrected chi connectivity index (χ1v) is 13.3. The molecule has 0 aliphatic heterocycles. The van der Waals surface area contributed by atoms with Crippen LogP contribution in [0.1, 0.15) is 91.8 Å². The van der Waals surface area contributed by atoms with Gasteiger partial charge in [-0.25, -0.2) is 14.9 Å². The lowest BCUT2D eigenvalue weighted by molar-refractivity contribution is 0.0279. The van der Waals surface area contributed by atoms with Gasteiger partial charge in [0.05, 0.1) is 29.6 Å². The predicted octanol–water partition coefficient (Wildman–Crippen LogP) is 3.38. The first kappa shape index (κ1) is 26.0. The van der Waals surface area contributed by atoms with Crippen molar-refractivity contribution in [3.63, 3.8) is 0 Å². The Kier molecular flexibility index (Phi) is 7.29. The summed E-state index contributed by atoms with van der Waals surface area (Å²) in [6.07, 6.45) is 8.06. The second-order valence-electron chi connectivity index (χ2n) is 10.7. The number of nitrogens with zero attached hydrogens (tertiary/aromatic N) is 3. The molecule has 5 rings (SSSR count). The Labute approximate surface area is 220 Å². The van der Waals surface area contributed by atoms with Gasteiger partial charge in [-0.05, 0) is 71.4 Å². The van der Waals surface area contributed by atoms with E-state index in [1.807, 2.05) is 16.5 Å². The fraction of sp³-hybridized carbons (Fsp3) is 0.556. The van der Waals surface area contributed by atoms with Crippen LogP contribution in [-0.2, 0) is 4.74 Å². The molecule has 11 heteroatoms. The molecule has 0 unspecified atom stereocenters. The Bertz CT molecular complexity index is 1300. The van der Waals surface area contributed by atoms with Gasteiger partial charge in [0.1, 0.15) is 30.4 Å². The fourth-order valence-corrected chi connectivity index (χ4v) is 4.84. The van der Waals surface area contributed by atoms with Gasteiger partial charge in [0.25, 0.3) is 5.91 Å². The summed E-state index contributed by atoms with van der Waals surface area (Å²) in [7, 11) is 0. The van der Waals surface area contributed by atoms with Crippen molar-refractivity contribution >= 4 is 17.4 Å². The van der Waals surface area contributed by atoms with Crippen LogP contribution in [0.15, 0.2) is 24.7 Å². The number of carbonyl (C=O) groups excluding carboxylic acids is 2. The van der Waals surface area contributed by atoms with Gasteiger partial charge >= 0.3 is 5.97 Å². The van der Waals surface area contributed by atoms with Gasteiger partial charge in [0, 0.05) is 12.0 Å². The van der Waals surface area contributed by atoms with Crippen LogP contribution in [0.3, 0.4) is 0 Å². The van der Waals surface area contributed by atoms with Crippen molar-refractivity contribution in [3.05, 3.63) is 41.6 Å². The number of esters is 1. The van der Waals surface area contributed by atoms with Gasteiger partial charge in [-0.3, -0.25) is 9.20 Å². The highest BCUT2D eigenvalue weighted by Gasteiger charge is 2.32. The molecule has 2 saturated carbocycles. The van der Waals surface area contributed by atoms with E-state index < -0.39 is 11.6 Å². The number of pyridine rings is 1. The number of aromatic amines is 1. The van der Waals surface area contributed by atoms with E-state index >= 15 is 0 Å². The van der Waals surface area contributed by atoms with E-state index in [-0.39, 0.29) is 36.8 Å². The lowest BCUT2D eigenvalue weighted by atomic mass is 9.93. The average molecular weight is 526 g/mol. The molecule has 3 N–H and O–H groups in total. The van der Waals surface area contributed by atoms with E-state index in [4.69, 9.17) is 14.2 Å². The fourth-order valence-electron chi connectivity index (χ4n) is 4.84. The Morgan fingerprint density at radius 3 is 2.63 bits per heavy atom. The maximum absolute atomic E-state index is 13.2. The Morgan fingerprint density at radius 2 is 1.95 bits per heavy atom. The molecule has 0 saturated heterocycles. The van der Waals surface area contributed by atoms with Gasteiger partial charge in [-0.2, -0.15) is 5.10 Å². The van der Waals surface area contributed by atoms with Crippen LogP contribution in [0.25, 0.3) is 5.52 Å². The molecule has 0 aromatic carbocycles. The molecule has 38 heavy (non-hydrogen) atoms. The minimum Gasteiger partial charge on any atom is -0.489 e. The molecular weight excluding hydrogens is 490 g/mol. The van der Waals surface area contributed by atoms with Crippen molar-refractivity contribution in [3.8, 4) is 11.6 Å². The molecule has 3 aromatic heterocycles. The third-order valence-electron chi connectivity index (χ3n) is 6.86. The molecule has 2 fully saturated rings. The number of nitrogens with one attached hydrogen (secondary N) is 2. The summed E-state index contributed by atoms with van der Waals surface area (Å²) >= 11 is 0. The van der Waals surface area contributed by atoms with Crippen molar-refractivity contribution < 1.29 is 28.9 Å². The topological polar surface area (TPSA) is 140 Å². The summed E-state index contributed by atoms with van der Waals surface area (Å²) in [5, 5.41) is 19.9. The lowest BCUT2D eigenvalue weighted by Crippen LogP contribution is -2.40. The zero-order valence-electron chi connectivity index (χ0n) is 22.0. The smallest absolute Gasteiger partial charge is 0.345 e. The molecule has 0 spiro atoms. The molecule has 11 nitrogen and oxygen atoms in total. The van der Waals surface area contributed by atoms with Crippen molar-refractivity contribution in [2.45, 2.75) is 83.0 Å². The minimum atomic E-state index is -0.943. The molecule has 3 aromatic rings. The Hall–Kier alpha value is -3.60. The summed E-state index contributed by atoms with van der Waals surface area (Å²) in [6.45, 7) is 5.62. The van der Waals surface area contributed by atoms with Crippen LogP contribution >= 0.6 is 0 Å². The van der Waals surface area contributed by atoms with Gasteiger partial charge in [-0.15, -0.1) is 0 Å². The standard InChI is InChI=1S/C27H35N5O6/c1-4-36-26(34)19-13-29-31-25(19)38-18-9-7-17(8-10-18)30-24(33)22-20-11-12-21(37-14-27(2,3)35)23(16-5-6-16)32(20)15-28-22/h11-13,15-18,35H,4-10,14H2,1-3H3,(H,29,31)(H,30,33). The monoisotopic (exact) mass is 525 g/mol. The van der Waals surface area contributed by atoms with Crippen LogP contribution in [0, 0.1) is 0 Å². The highest BCUT2D eigenvalue weighted by atomic mass is 16.5. The van der Waals surface area contributed by atoms with E-state index in [0.29, 0.717) is 23.2 Å². The molecule has 0 atom stereocenters. The zero-order chi connectivity index (χ0) is 26.9. The highest BCUT2D eigenvalue weighted by molar-refractivity contribution is 5.99. The molecule has 3 heterocycles. The molecule has 1 amide bonds. The van der Waals surface area contributed by atoms with Crippen LogP contribution in [-0.4, -0.2) is 67.5 Å². The number of amides is 1. The van der Waals surface area contributed by atoms with Crippen LogP contribution in [0.2, 0.25) is 0 Å². The number of carbonyl (C=O) groups is 2. The Balaban J connectivity index is 1.21. The summed E-state index contributed by atoms with van der Waals surface area (Å²) < 4.78 is 18.9. The van der Waals surface area contributed by atoms with E-state index in [2.05, 4.69) is 20.5 Å². The van der Waals surface area contributed by atoms with Crippen LogP contribution in [0.4, 0.5) is 0 Å². The third kappa shape index (κ3) is 5.77. The lowest BCUT2D eigenvalue weighted by Gasteiger charge is -2.29. The van der Waals surface area contributed by atoms with Crippen molar-refractivity contribution in [2.24, 2.45) is 0 Å². The average Bonchev–Trinajstić information content (AvgIpc) is 3.45. The molecule has 0 bridgehead atoms. The summed E-state index contributed by atoms with van der Waals surface area (Å²) in [6, 6.07) is 3.72. The summed E-state index contributed by atoms with van der Waals surface area (Å²) in [5.74, 6) is 0.716. The molecular formula is C27H35N5O6. The van der Waals surface area contributed by atoms with Gasteiger partial charge in [0.15, 0.2) is 5.69 Å². The number of aliphatic hydroxyl groups is 1. The maximum atomic E-state index is 13.2.